The molecule has 0 amide bonds. The van der Waals surface area contributed by atoms with Crippen LogP contribution in [0.25, 0.3) is 22.6 Å². The van der Waals surface area contributed by atoms with Crippen LogP contribution in [0.15, 0.2) is 65.2 Å². The van der Waals surface area contributed by atoms with Crippen molar-refractivity contribution >= 4 is 0 Å². The van der Waals surface area contributed by atoms with E-state index in [0.717, 1.165) is 28.3 Å². The Hall–Kier alpha value is -2.55. The van der Waals surface area contributed by atoms with E-state index in [1.165, 1.54) is 0 Å². The van der Waals surface area contributed by atoms with Gasteiger partial charge < -0.3 is 9.26 Å². The van der Waals surface area contributed by atoms with Crippen LogP contribution in [0.5, 0.6) is 5.75 Å². The Bertz CT molecular complexity index is 657. The molecule has 0 radical (unpaired) electrons. The maximum Gasteiger partial charge on any atom is 0.167 e. The zero-order valence-corrected chi connectivity index (χ0v) is 10.5. The van der Waals surface area contributed by atoms with Crippen molar-refractivity contribution < 1.29 is 9.26 Å². The molecule has 0 bridgehead atoms. The van der Waals surface area contributed by atoms with E-state index in [1.807, 2.05) is 60.7 Å². The molecule has 0 atom stereocenters. The Kier molecular flexibility index (Phi) is 3.02. The van der Waals surface area contributed by atoms with Gasteiger partial charge in [0.2, 0.25) is 0 Å². The molecule has 0 aliphatic heterocycles. The van der Waals surface area contributed by atoms with Gasteiger partial charge in [0, 0.05) is 17.2 Å². The average molecular weight is 251 g/mol. The van der Waals surface area contributed by atoms with Gasteiger partial charge in [-0.1, -0.05) is 35.5 Å². The molecule has 3 aromatic rings. The lowest BCUT2D eigenvalue weighted by Crippen LogP contribution is -1.82. The first-order chi connectivity index (χ1) is 9.36. The minimum atomic E-state index is 0.770. The van der Waals surface area contributed by atoms with Crippen molar-refractivity contribution in [2.45, 2.75) is 0 Å². The molecule has 0 fully saturated rings. The first-order valence-corrected chi connectivity index (χ1v) is 6.03. The maximum atomic E-state index is 5.38. The first kappa shape index (κ1) is 11.5. The van der Waals surface area contributed by atoms with Gasteiger partial charge >= 0.3 is 0 Å². The first-order valence-electron chi connectivity index (χ1n) is 6.03. The van der Waals surface area contributed by atoms with Crippen molar-refractivity contribution in [1.82, 2.24) is 5.16 Å². The lowest BCUT2D eigenvalue weighted by atomic mass is 10.1. The minimum Gasteiger partial charge on any atom is -0.497 e. The lowest BCUT2D eigenvalue weighted by molar-refractivity contribution is 0.415. The van der Waals surface area contributed by atoms with E-state index in [4.69, 9.17) is 9.26 Å². The van der Waals surface area contributed by atoms with Crippen LogP contribution >= 0.6 is 0 Å². The Morgan fingerprint density at radius 3 is 2.32 bits per heavy atom. The van der Waals surface area contributed by atoms with E-state index in [2.05, 4.69) is 5.16 Å². The summed E-state index contributed by atoms with van der Waals surface area (Å²) in [4.78, 5) is 0. The summed E-state index contributed by atoms with van der Waals surface area (Å²) in [6.45, 7) is 0. The fraction of sp³-hybridized carbons (Fsp3) is 0.0625. The number of benzene rings is 2. The third kappa shape index (κ3) is 2.36. The highest BCUT2D eigenvalue weighted by atomic mass is 16.5. The summed E-state index contributed by atoms with van der Waals surface area (Å²) in [5.74, 6) is 1.60. The summed E-state index contributed by atoms with van der Waals surface area (Å²) >= 11 is 0. The van der Waals surface area contributed by atoms with E-state index in [1.54, 1.807) is 7.11 Å². The van der Waals surface area contributed by atoms with Crippen LogP contribution in [0.4, 0.5) is 0 Å². The number of ether oxygens (including phenoxy) is 1. The van der Waals surface area contributed by atoms with E-state index in [9.17, 15) is 0 Å². The Labute approximate surface area is 111 Å². The lowest BCUT2D eigenvalue weighted by Gasteiger charge is -1.99. The number of hydrogen-bond acceptors (Lipinski definition) is 3. The fourth-order valence-corrected chi connectivity index (χ4v) is 1.91. The van der Waals surface area contributed by atoms with Crippen LogP contribution in [0.3, 0.4) is 0 Å². The van der Waals surface area contributed by atoms with Crippen molar-refractivity contribution in [2.24, 2.45) is 0 Å². The Balaban J connectivity index is 1.92. The molecule has 94 valence electrons. The van der Waals surface area contributed by atoms with Gasteiger partial charge in [0.15, 0.2) is 5.76 Å². The highest BCUT2D eigenvalue weighted by molar-refractivity contribution is 5.66. The Morgan fingerprint density at radius 2 is 1.63 bits per heavy atom. The molecule has 0 aliphatic carbocycles. The van der Waals surface area contributed by atoms with E-state index in [0.29, 0.717) is 0 Å². The maximum absolute atomic E-state index is 5.38. The summed E-state index contributed by atoms with van der Waals surface area (Å²) < 4.78 is 10.5. The van der Waals surface area contributed by atoms with Crippen molar-refractivity contribution in [2.75, 3.05) is 7.11 Å². The molecular formula is C16H13NO2. The predicted molar refractivity (Wildman–Crippen MR) is 73.9 cm³/mol. The molecule has 0 N–H and O–H groups in total. The second kappa shape index (κ2) is 4.98. The van der Waals surface area contributed by atoms with Crippen molar-refractivity contribution in [1.29, 1.82) is 0 Å². The number of aromatic nitrogens is 1. The van der Waals surface area contributed by atoms with Crippen LogP contribution in [-0.2, 0) is 0 Å². The molecular weight excluding hydrogens is 238 g/mol. The molecule has 0 spiro atoms. The van der Waals surface area contributed by atoms with Crippen molar-refractivity contribution in [3.63, 3.8) is 0 Å². The smallest absolute Gasteiger partial charge is 0.167 e. The second-order valence-electron chi connectivity index (χ2n) is 4.17. The van der Waals surface area contributed by atoms with Gasteiger partial charge in [-0.05, 0) is 24.3 Å². The standard InChI is InChI=1S/C16H13NO2/c1-18-14-9-7-12(8-10-14)15-11-16(19-17-15)13-5-3-2-4-6-13/h2-11H,1H3. The molecule has 0 saturated carbocycles. The molecule has 3 rings (SSSR count). The van der Waals surface area contributed by atoms with Gasteiger partial charge in [0.25, 0.3) is 0 Å². The summed E-state index contributed by atoms with van der Waals surface area (Å²) in [6.07, 6.45) is 0. The molecule has 0 saturated heterocycles. The molecule has 3 nitrogen and oxygen atoms in total. The van der Waals surface area contributed by atoms with Gasteiger partial charge in [0.1, 0.15) is 11.4 Å². The number of hydrogen-bond donors (Lipinski definition) is 0. The zero-order valence-electron chi connectivity index (χ0n) is 10.5. The van der Waals surface area contributed by atoms with Gasteiger partial charge in [-0.25, -0.2) is 0 Å². The highest BCUT2D eigenvalue weighted by Gasteiger charge is 2.08. The second-order valence-corrected chi connectivity index (χ2v) is 4.17. The molecule has 3 heteroatoms. The van der Waals surface area contributed by atoms with Crippen LogP contribution in [-0.4, -0.2) is 12.3 Å². The summed E-state index contributed by atoms with van der Waals surface area (Å²) in [6, 6.07) is 19.6. The van der Waals surface area contributed by atoms with Crippen LogP contribution in [0.2, 0.25) is 0 Å². The van der Waals surface area contributed by atoms with Crippen LogP contribution in [0, 0.1) is 0 Å². The van der Waals surface area contributed by atoms with Gasteiger partial charge in [0.05, 0.1) is 7.11 Å². The largest absolute Gasteiger partial charge is 0.497 e. The molecule has 0 unspecified atom stereocenters. The van der Waals surface area contributed by atoms with Crippen molar-refractivity contribution in [3.05, 3.63) is 60.7 Å². The molecule has 2 aromatic carbocycles. The summed E-state index contributed by atoms with van der Waals surface area (Å²) in [7, 11) is 1.65. The van der Waals surface area contributed by atoms with Gasteiger partial charge in [-0.3, -0.25) is 0 Å². The number of methoxy groups -OCH3 is 1. The topological polar surface area (TPSA) is 35.3 Å². The van der Waals surface area contributed by atoms with Gasteiger partial charge in [-0.15, -0.1) is 0 Å². The molecule has 19 heavy (non-hydrogen) atoms. The summed E-state index contributed by atoms with van der Waals surface area (Å²) in [5.41, 5.74) is 2.85. The third-order valence-corrected chi connectivity index (χ3v) is 2.95. The predicted octanol–water partition coefficient (Wildman–Crippen LogP) is 4.02. The quantitative estimate of drug-likeness (QED) is 0.705. The highest BCUT2D eigenvalue weighted by Crippen LogP contribution is 2.26. The van der Waals surface area contributed by atoms with Crippen LogP contribution < -0.4 is 4.74 Å². The average Bonchev–Trinajstić information content (AvgIpc) is 2.98. The molecule has 0 aliphatic rings. The minimum absolute atomic E-state index is 0.770. The van der Waals surface area contributed by atoms with Crippen molar-refractivity contribution in [3.8, 4) is 28.3 Å². The fourth-order valence-electron chi connectivity index (χ4n) is 1.91. The monoisotopic (exact) mass is 251 g/mol. The SMILES string of the molecule is COc1ccc(-c2cc(-c3ccccc3)on2)cc1. The van der Waals surface area contributed by atoms with E-state index in [-0.39, 0.29) is 0 Å². The molecule has 1 heterocycles. The van der Waals surface area contributed by atoms with Crippen LogP contribution in [0.1, 0.15) is 0 Å². The van der Waals surface area contributed by atoms with E-state index < -0.39 is 0 Å². The van der Waals surface area contributed by atoms with Gasteiger partial charge in [-0.2, -0.15) is 0 Å². The zero-order chi connectivity index (χ0) is 13.1. The van der Waals surface area contributed by atoms with E-state index >= 15 is 0 Å². The third-order valence-electron chi connectivity index (χ3n) is 2.95. The normalized spacial score (nSPS) is 10.4. The molecule has 1 aromatic heterocycles. The number of rotatable bonds is 3. The Morgan fingerprint density at radius 1 is 0.895 bits per heavy atom. The number of nitrogens with zero attached hydrogens (tertiary/aromatic N) is 1. The summed E-state index contributed by atoms with van der Waals surface area (Å²) in [5, 5.41) is 4.10.